The lowest BCUT2D eigenvalue weighted by atomic mass is 10.1. The van der Waals surface area contributed by atoms with Gasteiger partial charge >= 0.3 is 0 Å². The predicted octanol–water partition coefficient (Wildman–Crippen LogP) is 5.19. The highest BCUT2D eigenvalue weighted by atomic mass is 16.3. The molecule has 2 rings (SSSR count). The monoisotopic (exact) mass is 271 g/mol. The fourth-order valence-corrected chi connectivity index (χ4v) is 2.26. The Morgan fingerprint density at radius 1 is 0.900 bits per heavy atom. The fourth-order valence-electron chi connectivity index (χ4n) is 2.26. The first kappa shape index (κ1) is 14.7. The summed E-state index contributed by atoms with van der Waals surface area (Å²) in [5, 5.41) is 3.40. The highest BCUT2D eigenvalue weighted by Gasteiger charge is 2.00. The molecule has 1 aromatic heterocycles. The lowest BCUT2D eigenvalue weighted by Crippen LogP contribution is -1.98. The normalized spacial score (nSPS) is 10.7. The number of hydrogen-bond donors (Lipinski definition) is 1. The molecule has 1 N–H and O–H groups in total. The number of hydrogen-bond acceptors (Lipinski definition) is 2. The van der Waals surface area contributed by atoms with Crippen molar-refractivity contribution in [2.75, 3.05) is 5.32 Å². The fraction of sp³-hybridized carbons (Fsp3) is 0.444. The first-order valence-corrected chi connectivity index (χ1v) is 7.72. The molecule has 1 aromatic carbocycles. The van der Waals surface area contributed by atoms with E-state index in [0.29, 0.717) is 0 Å². The summed E-state index contributed by atoms with van der Waals surface area (Å²) in [5.41, 5.74) is 2.58. The molecular formula is C18H25NO. The van der Waals surface area contributed by atoms with Gasteiger partial charge in [-0.3, -0.25) is 0 Å². The first-order chi connectivity index (χ1) is 9.81. The van der Waals surface area contributed by atoms with Gasteiger partial charge in [-0.05, 0) is 42.7 Å². The quantitative estimate of drug-likeness (QED) is 0.669. The summed E-state index contributed by atoms with van der Waals surface area (Å²) in [4.78, 5) is 0. The second-order valence-electron chi connectivity index (χ2n) is 5.23. The van der Waals surface area contributed by atoms with Crippen molar-refractivity contribution in [2.24, 2.45) is 0 Å². The molecule has 0 amide bonds. The number of unbranched alkanes of at least 4 members (excludes halogenated alkanes) is 2. The van der Waals surface area contributed by atoms with Gasteiger partial charge in [-0.15, -0.1) is 0 Å². The lowest BCUT2D eigenvalue weighted by Gasteiger charge is -2.06. The molecule has 0 fully saturated rings. The Balaban J connectivity index is 1.81. The van der Waals surface area contributed by atoms with Crippen molar-refractivity contribution in [1.29, 1.82) is 0 Å². The molecule has 0 atom stereocenters. The van der Waals surface area contributed by atoms with Gasteiger partial charge in [0.25, 0.3) is 0 Å². The third kappa shape index (κ3) is 4.44. The molecule has 0 aliphatic rings. The number of aryl methyl sites for hydroxylation is 2. The predicted molar refractivity (Wildman–Crippen MR) is 85.1 cm³/mol. The molecule has 2 heteroatoms. The summed E-state index contributed by atoms with van der Waals surface area (Å²) in [6, 6.07) is 12.9. The Morgan fingerprint density at radius 2 is 1.65 bits per heavy atom. The highest BCUT2D eigenvalue weighted by Crippen LogP contribution is 2.15. The van der Waals surface area contributed by atoms with Crippen LogP contribution in [0, 0.1) is 0 Å². The topological polar surface area (TPSA) is 25.2 Å². The van der Waals surface area contributed by atoms with E-state index in [4.69, 9.17) is 4.42 Å². The molecule has 0 saturated carbocycles. The van der Waals surface area contributed by atoms with Crippen LogP contribution in [0.3, 0.4) is 0 Å². The molecule has 2 nitrogen and oxygen atoms in total. The molecule has 20 heavy (non-hydrogen) atoms. The van der Waals surface area contributed by atoms with Gasteiger partial charge in [-0.2, -0.15) is 0 Å². The standard InChI is InChI=1S/C18H25NO/c1-3-5-6-7-15-8-10-16(11-9-15)19-14-18-13-12-17(4-2)20-18/h8-13,19H,3-7,14H2,1-2H3. The smallest absolute Gasteiger partial charge is 0.123 e. The van der Waals surface area contributed by atoms with Gasteiger partial charge in [0.2, 0.25) is 0 Å². The number of benzene rings is 1. The van der Waals surface area contributed by atoms with Gasteiger partial charge in [0.1, 0.15) is 11.5 Å². The van der Waals surface area contributed by atoms with Crippen molar-refractivity contribution in [3.8, 4) is 0 Å². The molecule has 1 heterocycles. The van der Waals surface area contributed by atoms with Crippen molar-refractivity contribution in [2.45, 2.75) is 52.5 Å². The number of anilines is 1. The molecule has 0 bridgehead atoms. The van der Waals surface area contributed by atoms with Crippen molar-refractivity contribution in [3.05, 3.63) is 53.5 Å². The summed E-state index contributed by atoms with van der Waals surface area (Å²) in [7, 11) is 0. The molecular weight excluding hydrogens is 246 g/mol. The molecule has 0 radical (unpaired) electrons. The van der Waals surface area contributed by atoms with Crippen LogP contribution >= 0.6 is 0 Å². The highest BCUT2D eigenvalue weighted by molar-refractivity contribution is 5.44. The zero-order valence-corrected chi connectivity index (χ0v) is 12.6. The number of furan rings is 1. The first-order valence-electron chi connectivity index (χ1n) is 7.72. The Kier molecular flexibility index (Phi) is 5.72. The van der Waals surface area contributed by atoms with Gasteiger partial charge < -0.3 is 9.73 Å². The van der Waals surface area contributed by atoms with Crippen molar-refractivity contribution >= 4 is 5.69 Å². The van der Waals surface area contributed by atoms with Crippen LogP contribution in [-0.4, -0.2) is 0 Å². The van der Waals surface area contributed by atoms with Gasteiger partial charge in [-0.1, -0.05) is 38.8 Å². The van der Waals surface area contributed by atoms with E-state index in [1.54, 1.807) is 0 Å². The minimum absolute atomic E-state index is 0.745. The minimum atomic E-state index is 0.745. The van der Waals surface area contributed by atoms with E-state index in [-0.39, 0.29) is 0 Å². The van der Waals surface area contributed by atoms with Gasteiger partial charge in [0.15, 0.2) is 0 Å². The Hall–Kier alpha value is -1.70. The van der Waals surface area contributed by atoms with E-state index in [1.165, 1.54) is 31.2 Å². The second kappa shape index (κ2) is 7.78. The van der Waals surface area contributed by atoms with E-state index >= 15 is 0 Å². The maximum atomic E-state index is 5.68. The van der Waals surface area contributed by atoms with E-state index in [9.17, 15) is 0 Å². The van der Waals surface area contributed by atoms with Crippen LogP contribution in [0.2, 0.25) is 0 Å². The molecule has 108 valence electrons. The lowest BCUT2D eigenvalue weighted by molar-refractivity contribution is 0.476. The third-order valence-corrected chi connectivity index (χ3v) is 3.56. The summed E-state index contributed by atoms with van der Waals surface area (Å²) in [5.74, 6) is 2.04. The molecule has 0 aliphatic carbocycles. The molecule has 0 spiro atoms. The number of nitrogens with one attached hydrogen (secondary N) is 1. The number of rotatable bonds is 8. The van der Waals surface area contributed by atoms with Crippen molar-refractivity contribution in [1.82, 2.24) is 0 Å². The summed E-state index contributed by atoms with van der Waals surface area (Å²) >= 11 is 0. The maximum Gasteiger partial charge on any atom is 0.123 e. The van der Waals surface area contributed by atoms with Gasteiger partial charge in [0.05, 0.1) is 6.54 Å². The zero-order chi connectivity index (χ0) is 14.2. The Labute approximate surface area is 122 Å². The molecule has 2 aromatic rings. The van der Waals surface area contributed by atoms with E-state index in [0.717, 1.165) is 30.2 Å². The Morgan fingerprint density at radius 3 is 2.30 bits per heavy atom. The van der Waals surface area contributed by atoms with E-state index < -0.39 is 0 Å². The van der Waals surface area contributed by atoms with Gasteiger partial charge in [-0.25, -0.2) is 0 Å². The van der Waals surface area contributed by atoms with Crippen LogP contribution in [-0.2, 0) is 19.4 Å². The summed E-state index contributed by atoms with van der Waals surface area (Å²) in [6.45, 7) is 5.09. The molecule has 0 aliphatic heterocycles. The SMILES string of the molecule is CCCCCc1ccc(NCc2ccc(CC)o2)cc1. The van der Waals surface area contributed by atoms with Crippen molar-refractivity contribution in [3.63, 3.8) is 0 Å². The maximum absolute atomic E-state index is 5.68. The average molecular weight is 271 g/mol. The van der Waals surface area contributed by atoms with E-state index in [2.05, 4.69) is 43.4 Å². The third-order valence-electron chi connectivity index (χ3n) is 3.56. The zero-order valence-electron chi connectivity index (χ0n) is 12.6. The van der Waals surface area contributed by atoms with Crippen LogP contribution < -0.4 is 5.32 Å². The summed E-state index contributed by atoms with van der Waals surface area (Å²) < 4.78 is 5.68. The minimum Gasteiger partial charge on any atom is -0.464 e. The molecule has 0 saturated heterocycles. The van der Waals surface area contributed by atoms with Crippen LogP contribution in [0.25, 0.3) is 0 Å². The second-order valence-corrected chi connectivity index (χ2v) is 5.23. The van der Waals surface area contributed by atoms with Crippen LogP contribution in [0.4, 0.5) is 5.69 Å². The van der Waals surface area contributed by atoms with Crippen LogP contribution in [0.1, 0.15) is 50.2 Å². The van der Waals surface area contributed by atoms with Crippen molar-refractivity contribution < 1.29 is 4.42 Å². The summed E-state index contributed by atoms with van der Waals surface area (Å²) in [6.07, 6.45) is 6.02. The van der Waals surface area contributed by atoms with E-state index in [1.807, 2.05) is 12.1 Å². The van der Waals surface area contributed by atoms with Crippen LogP contribution in [0.5, 0.6) is 0 Å². The Bertz CT molecular complexity index is 498. The van der Waals surface area contributed by atoms with Crippen LogP contribution in [0.15, 0.2) is 40.8 Å². The molecule has 0 unspecified atom stereocenters. The largest absolute Gasteiger partial charge is 0.464 e. The van der Waals surface area contributed by atoms with Gasteiger partial charge in [0, 0.05) is 12.1 Å². The average Bonchev–Trinajstić information content (AvgIpc) is 2.95.